The van der Waals surface area contributed by atoms with E-state index in [9.17, 15) is 19.2 Å². The third kappa shape index (κ3) is 5.69. The van der Waals surface area contributed by atoms with E-state index in [1.165, 1.54) is 0 Å². The SMILES string of the molecule is N[C@@](CCC(=O)O)(C(=O)NCC(=O)O)C(=O)OCc1ccccc1. The lowest BCUT2D eigenvalue weighted by Crippen LogP contribution is -2.61. The maximum absolute atomic E-state index is 12.2. The summed E-state index contributed by atoms with van der Waals surface area (Å²) in [6.07, 6.45) is -1.08. The molecule has 0 aliphatic heterocycles. The number of nitrogens with two attached hydrogens (primary N) is 1. The minimum atomic E-state index is -2.29. The van der Waals surface area contributed by atoms with Gasteiger partial charge in [-0.05, 0) is 12.0 Å². The highest BCUT2D eigenvalue weighted by Gasteiger charge is 2.44. The Balaban J connectivity index is 2.81. The molecule has 0 radical (unpaired) electrons. The van der Waals surface area contributed by atoms with Crippen molar-refractivity contribution in [2.75, 3.05) is 6.54 Å². The number of hydrogen-bond acceptors (Lipinski definition) is 6. The number of nitrogens with one attached hydrogen (secondary N) is 1. The van der Waals surface area contributed by atoms with Crippen LogP contribution < -0.4 is 11.1 Å². The number of esters is 1. The fraction of sp³-hybridized carbons (Fsp3) is 0.333. The molecule has 1 atom stereocenters. The predicted molar refractivity (Wildman–Crippen MR) is 80.7 cm³/mol. The summed E-state index contributed by atoms with van der Waals surface area (Å²) in [5, 5.41) is 19.3. The van der Waals surface area contributed by atoms with Gasteiger partial charge in [0.15, 0.2) is 5.54 Å². The highest BCUT2D eigenvalue weighted by molar-refractivity contribution is 6.08. The molecular weight excluding hydrogens is 320 g/mol. The summed E-state index contributed by atoms with van der Waals surface area (Å²) in [6.45, 7) is -0.908. The van der Waals surface area contributed by atoms with E-state index >= 15 is 0 Å². The van der Waals surface area contributed by atoms with E-state index < -0.39 is 48.7 Å². The molecule has 0 aliphatic carbocycles. The lowest BCUT2D eigenvalue weighted by Gasteiger charge is -2.25. The zero-order valence-electron chi connectivity index (χ0n) is 12.7. The van der Waals surface area contributed by atoms with E-state index in [1.807, 2.05) is 5.32 Å². The topological polar surface area (TPSA) is 156 Å². The van der Waals surface area contributed by atoms with E-state index in [4.69, 9.17) is 20.7 Å². The highest BCUT2D eigenvalue weighted by atomic mass is 16.5. The Hall–Kier alpha value is -2.94. The Bertz CT molecular complexity index is 618. The van der Waals surface area contributed by atoms with Crippen LogP contribution in [0.1, 0.15) is 18.4 Å². The Morgan fingerprint density at radius 2 is 1.71 bits per heavy atom. The molecule has 0 aromatic heterocycles. The van der Waals surface area contributed by atoms with Gasteiger partial charge >= 0.3 is 17.9 Å². The summed E-state index contributed by atoms with van der Waals surface area (Å²) in [5.41, 5.74) is 4.10. The molecule has 1 aromatic rings. The van der Waals surface area contributed by atoms with Gasteiger partial charge in [0, 0.05) is 6.42 Å². The largest absolute Gasteiger partial charge is 0.481 e. The summed E-state index contributed by atoms with van der Waals surface area (Å²) < 4.78 is 4.99. The number of rotatable bonds is 9. The number of carboxylic acids is 2. The molecule has 0 saturated heterocycles. The van der Waals surface area contributed by atoms with Crippen LogP contribution in [0.3, 0.4) is 0 Å². The molecule has 0 fully saturated rings. The van der Waals surface area contributed by atoms with Gasteiger partial charge in [-0.15, -0.1) is 0 Å². The number of ether oxygens (including phenoxy) is 1. The zero-order chi connectivity index (χ0) is 18.2. The first kappa shape index (κ1) is 19.1. The fourth-order valence-electron chi connectivity index (χ4n) is 1.78. The maximum Gasteiger partial charge on any atom is 0.336 e. The number of carbonyl (C=O) groups is 4. The summed E-state index contributed by atoms with van der Waals surface area (Å²) in [5.74, 6) is -4.83. The maximum atomic E-state index is 12.2. The predicted octanol–water partition coefficient (Wildman–Crippen LogP) is -0.507. The van der Waals surface area contributed by atoms with Crippen molar-refractivity contribution in [1.29, 1.82) is 0 Å². The summed E-state index contributed by atoms with van der Waals surface area (Å²) in [4.78, 5) is 45.4. The van der Waals surface area contributed by atoms with Crippen LogP contribution in [0.15, 0.2) is 30.3 Å². The van der Waals surface area contributed by atoms with Crippen LogP contribution in [0.25, 0.3) is 0 Å². The third-order valence-corrected chi connectivity index (χ3v) is 3.12. The molecule has 9 heteroatoms. The first-order valence-electron chi connectivity index (χ1n) is 6.97. The Morgan fingerprint density at radius 1 is 1.08 bits per heavy atom. The van der Waals surface area contributed by atoms with Crippen LogP contribution >= 0.6 is 0 Å². The average Bonchev–Trinajstić information content (AvgIpc) is 2.56. The van der Waals surface area contributed by atoms with Crippen LogP contribution in [0.5, 0.6) is 0 Å². The van der Waals surface area contributed by atoms with Gasteiger partial charge in [-0.1, -0.05) is 30.3 Å². The van der Waals surface area contributed by atoms with Crippen molar-refractivity contribution in [1.82, 2.24) is 5.32 Å². The molecule has 0 bridgehead atoms. The van der Waals surface area contributed by atoms with Gasteiger partial charge in [-0.25, -0.2) is 4.79 Å². The van der Waals surface area contributed by atoms with Crippen molar-refractivity contribution < 1.29 is 34.1 Å². The van der Waals surface area contributed by atoms with Gasteiger partial charge in [0.05, 0.1) is 0 Å². The van der Waals surface area contributed by atoms with Gasteiger partial charge in [-0.2, -0.15) is 0 Å². The molecule has 0 saturated carbocycles. The minimum absolute atomic E-state index is 0.155. The summed E-state index contributed by atoms with van der Waals surface area (Å²) in [7, 11) is 0. The number of amides is 1. The number of carbonyl (C=O) groups excluding carboxylic acids is 2. The molecule has 9 nitrogen and oxygen atoms in total. The van der Waals surface area contributed by atoms with Gasteiger partial charge in [-0.3, -0.25) is 14.4 Å². The molecule has 24 heavy (non-hydrogen) atoms. The van der Waals surface area contributed by atoms with Gasteiger partial charge < -0.3 is 26.0 Å². The van der Waals surface area contributed by atoms with Gasteiger partial charge in [0.1, 0.15) is 13.2 Å². The molecule has 130 valence electrons. The third-order valence-electron chi connectivity index (χ3n) is 3.12. The molecule has 1 rings (SSSR count). The van der Waals surface area contributed by atoms with E-state index in [1.54, 1.807) is 30.3 Å². The fourth-order valence-corrected chi connectivity index (χ4v) is 1.78. The van der Waals surface area contributed by atoms with Crippen molar-refractivity contribution in [2.45, 2.75) is 25.0 Å². The van der Waals surface area contributed by atoms with Crippen LogP contribution in [0.4, 0.5) is 0 Å². The molecule has 0 aliphatic rings. The number of carboxylic acid groups (broad SMARTS) is 2. The van der Waals surface area contributed by atoms with E-state index in [0.717, 1.165) is 0 Å². The molecule has 1 aromatic carbocycles. The van der Waals surface area contributed by atoms with Gasteiger partial charge in [0.2, 0.25) is 0 Å². The second-order valence-electron chi connectivity index (χ2n) is 5.00. The Kier molecular flexibility index (Phi) is 6.87. The Labute approximate surface area is 137 Å². The standard InChI is InChI=1S/C15H18N2O7/c16-15(7-6-11(18)19,13(22)17-8-12(20)21)14(23)24-9-10-4-2-1-3-5-10/h1-5H,6-9,16H2,(H,17,22)(H,18,19)(H,20,21)/t15-/m0/s1. The molecule has 5 N–H and O–H groups in total. The molecule has 1 amide bonds. The van der Waals surface area contributed by atoms with Crippen molar-refractivity contribution in [3.05, 3.63) is 35.9 Å². The number of benzene rings is 1. The molecule has 0 unspecified atom stereocenters. The van der Waals surface area contributed by atoms with E-state index in [2.05, 4.69) is 0 Å². The van der Waals surface area contributed by atoms with Crippen molar-refractivity contribution in [3.63, 3.8) is 0 Å². The van der Waals surface area contributed by atoms with Crippen LogP contribution in [0, 0.1) is 0 Å². The quantitative estimate of drug-likeness (QED) is 0.346. The monoisotopic (exact) mass is 338 g/mol. The second-order valence-corrected chi connectivity index (χ2v) is 5.00. The lowest BCUT2D eigenvalue weighted by molar-refractivity contribution is -0.157. The highest BCUT2D eigenvalue weighted by Crippen LogP contribution is 2.14. The smallest absolute Gasteiger partial charge is 0.336 e. The van der Waals surface area contributed by atoms with Crippen molar-refractivity contribution in [2.24, 2.45) is 5.73 Å². The van der Waals surface area contributed by atoms with Crippen molar-refractivity contribution >= 4 is 23.8 Å². The minimum Gasteiger partial charge on any atom is -0.481 e. The first-order valence-corrected chi connectivity index (χ1v) is 6.97. The average molecular weight is 338 g/mol. The summed E-state index contributed by atoms with van der Waals surface area (Å²) in [6, 6.07) is 8.59. The molecular formula is C15H18N2O7. The lowest BCUT2D eigenvalue weighted by atomic mass is 9.93. The summed E-state index contributed by atoms with van der Waals surface area (Å²) >= 11 is 0. The van der Waals surface area contributed by atoms with Crippen LogP contribution in [0.2, 0.25) is 0 Å². The van der Waals surface area contributed by atoms with E-state index in [0.29, 0.717) is 5.56 Å². The van der Waals surface area contributed by atoms with Crippen LogP contribution in [-0.4, -0.2) is 46.1 Å². The first-order chi connectivity index (χ1) is 11.3. The number of aliphatic carboxylic acids is 2. The second kappa shape index (κ2) is 8.63. The van der Waals surface area contributed by atoms with Gasteiger partial charge in [0.25, 0.3) is 5.91 Å². The van der Waals surface area contributed by atoms with Crippen LogP contribution in [-0.2, 0) is 30.5 Å². The molecule has 0 spiro atoms. The molecule has 0 heterocycles. The number of hydrogen-bond donors (Lipinski definition) is 4. The van der Waals surface area contributed by atoms with Crippen molar-refractivity contribution in [3.8, 4) is 0 Å². The zero-order valence-corrected chi connectivity index (χ0v) is 12.7. The Morgan fingerprint density at radius 3 is 2.25 bits per heavy atom. The van der Waals surface area contributed by atoms with E-state index in [-0.39, 0.29) is 6.61 Å². The normalized spacial score (nSPS) is 12.7.